The van der Waals surface area contributed by atoms with Gasteiger partial charge in [0.2, 0.25) is 5.91 Å². The number of pyridine rings is 1. The van der Waals surface area contributed by atoms with Gasteiger partial charge >= 0.3 is 0 Å². The Bertz CT molecular complexity index is 792. The number of carbonyl (C=O) groups excluding carboxylic acids is 1. The van der Waals surface area contributed by atoms with Crippen LogP contribution in [0.2, 0.25) is 0 Å². The van der Waals surface area contributed by atoms with Gasteiger partial charge < -0.3 is 9.80 Å². The van der Waals surface area contributed by atoms with Crippen LogP contribution in [0, 0.1) is 27.4 Å². The second kappa shape index (κ2) is 6.40. The third-order valence-corrected chi connectivity index (χ3v) is 8.21. The summed E-state index contributed by atoms with van der Waals surface area (Å²) in [4.78, 5) is 32.3. The number of piperazine rings is 1. The quantitative estimate of drug-likeness (QED) is 0.402. The molecule has 6 rings (SSSR count). The van der Waals surface area contributed by atoms with E-state index < -0.39 is 4.92 Å². The van der Waals surface area contributed by atoms with Gasteiger partial charge in [0.1, 0.15) is 12.0 Å². The molecular weight excluding hydrogens is 424 g/mol. The molecule has 4 bridgehead atoms. The largest absolute Gasteiger partial charge is 0.353 e. The van der Waals surface area contributed by atoms with Crippen molar-refractivity contribution in [2.75, 3.05) is 31.1 Å². The highest BCUT2D eigenvalue weighted by molar-refractivity contribution is 9.10. The van der Waals surface area contributed by atoms with Crippen molar-refractivity contribution in [3.05, 3.63) is 28.4 Å². The van der Waals surface area contributed by atoms with Crippen LogP contribution in [-0.2, 0) is 4.79 Å². The Balaban J connectivity index is 1.26. The number of hydrogen-bond acceptors (Lipinski definition) is 5. The van der Waals surface area contributed by atoms with Crippen LogP contribution in [0.25, 0.3) is 0 Å². The van der Waals surface area contributed by atoms with Crippen molar-refractivity contribution >= 4 is 33.3 Å². The zero-order valence-electron chi connectivity index (χ0n) is 15.8. The molecule has 2 unspecified atom stereocenters. The summed E-state index contributed by atoms with van der Waals surface area (Å²) in [6.07, 6.45) is 8.21. The van der Waals surface area contributed by atoms with Crippen LogP contribution in [0.5, 0.6) is 0 Å². The van der Waals surface area contributed by atoms with Crippen LogP contribution < -0.4 is 4.90 Å². The number of nitrogens with zero attached hydrogens (tertiary/aromatic N) is 4. The van der Waals surface area contributed by atoms with Gasteiger partial charge in [-0.2, -0.15) is 0 Å². The SMILES string of the molecule is O=C(N1CCN(c2ccc([N+](=O)[O-])cn2)CC1)C12CC3CC(CC(Br)(C3)C1)C2. The Hall–Kier alpha value is -1.70. The summed E-state index contributed by atoms with van der Waals surface area (Å²) in [6, 6.07) is 3.19. The van der Waals surface area contributed by atoms with Gasteiger partial charge in [-0.25, -0.2) is 4.98 Å². The smallest absolute Gasteiger partial charge is 0.287 e. The third-order valence-electron chi connectivity index (χ3n) is 7.28. The number of hydrogen-bond donors (Lipinski definition) is 0. The maximum atomic E-state index is 13.6. The van der Waals surface area contributed by atoms with Gasteiger partial charge in [0.05, 0.1) is 10.3 Å². The molecular formula is C20H25BrN4O3. The first-order chi connectivity index (χ1) is 13.4. The van der Waals surface area contributed by atoms with E-state index in [1.54, 1.807) is 6.07 Å². The summed E-state index contributed by atoms with van der Waals surface area (Å²) >= 11 is 4.01. The monoisotopic (exact) mass is 448 g/mol. The average Bonchev–Trinajstić information content (AvgIpc) is 2.66. The molecule has 1 saturated heterocycles. The van der Waals surface area contributed by atoms with E-state index in [0.29, 0.717) is 30.8 Å². The molecule has 1 amide bonds. The Morgan fingerprint density at radius 2 is 1.82 bits per heavy atom. The molecule has 0 spiro atoms. The molecule has 0 aromatic carbocycles. The van der Waals surface area contributed by atoms with E-state index in [2.05, 4.69) is 30.7 Å². The minimum Gasteiger partial charge on any atom is -0.353 e. The van der Waals surface area contributed by atoms with Crippen LogP contribution >= 0.6 is 15.9 Å². The lowest BCUT2D eigenvalue weighted by atomic mass is 9.49. The molecule has 7 nitrogen and oxygen atoms in total. The standard InChI is InChI=1S/C20H25BrN4O3/c21-20-10-14-7-15(11-20)9-19(8-14,13-20)18(26)24-5-3-23(4-6-24)17-2-1-16(12-22-17)25(27)28/h1-2,12,14-15H,3-11,13H2. The number of anilines is 1. The first kappa shape index (κ1) is 18.3. The number of aromatic nitrogens is 1. The van der Waals surface area contributed by atoms with Crippen molar-refractivity contribution < 1.29 is 9.72 Å². The summed E-state index contributed by atoms with van der Waals surface area (Å²) < 4.78 is 0.192. The Morgan fingerprint density at radius 1 is 1.14 bits per heavy atom. The van der Waals surface area contributed by atoms with E-state index >= 15 is 0 Å². The van der Waals surface area contributed by atoms with Crippen LogP contribution in [0.4, 0.5) is 11.5 Å². The summed E-state index contributed by atoms with van der Waals surface area (Å²) in [5.41, 5.74) is -0.149. The topological polar surface area (TPSA) is 79.6 Å². The summed E-state index contributed by atoms with van der Waals surface area (Å²) in [6.45, 7) is 2.84. The molecule has 1 aliphatic heterocycles. The minimum atomic E-state index is -0.435. The lowest BCUT2D eigenvalue weighted by molar-refractivity contribution is -0.385. The number of alkyl halides is 1. The molecule has 1 aromatic heterocycles. The maximum absolute atomic E-state index is 13.6. The number of nitro groups is 1. The molecule has 4 saturated carbocycles. The van der Waals surface area contributed by atoms with Gasteiger partial charge in [-0.1, -0.05) is 15.9 Å². The van der Waals surface area contributed by atoms with Crippen LogP contribution in [0.3, 0.4) is 0 Å². The number of amides is 1. The molecule has 150 valence electrons. The molecule has 8 heteroatoms. The normalized spacial score (nSPS) is 36.6. The van der Waals surface area contributed by atoms with E-state index in [4.69, 9.17) is 0 Å². The zero-order chi connectivity index (χ0) is 19.5. The molecule has 2 heterocycles. The van der Waals surface area contributed by atoms with Crippen molar-refractivity contribution in [3.63, 3.8) is 0 Å². The van der Waals surface area contributed by atoms with Gasteiger partial charge in [-0.3, -0.25) is 14.9 Å². The van der Waals surface area contributed by atoms with Crippen molar-refractivity contribution in [1.29, 1.82) is 0 Å². The van der Waals surface area contributed by atoms with E-state index in [1.807, 2.05) is 0 Å². The number of rotatable bonds is 3. The van der Waals surface area contributed by atoms with Gasteiger partial charge in [-0.05, 0) is 56.4 Å². The fourth-order valence-electron chi connectivity index (χ4n) is 6.55. The van der Waals surface area contributed by atoms with E-state index in [1.165, 1.54) is 31.5 Å². The van der Waals surface area contributed by atoms with E-state index in [9.17, 15) is 14.9 Å². The summed E-state index contributed by atoms with van der Waals surface area (Å²) in [5.74, 6) is 2.51. The number of halogens is 1. The molecule has 5 aliphatic rings. The van der Waals surface area contributed by atoms with Crippen molar-refractivity contribution in [3.8, 4) is 0 Å². The first-order valence-electron chi connectivity index (χ1n) is 10.2. The fourth-order valence-corrected chi connectivity index (χ4v) is 8.00. The molecule has 2 atom stereocenters. The number of carbonyl (C=O) groups is 1. The Kier molecular flexibility index (Phi) is 4.19. The van der Waals surface area contributed by atoms with Crippen molar-refractivity contribution in [1.82, 2.24) is 9.88 Å². The van der Waals surface area contributed by atoms with Gasteiger partial charge in [0.15, 0.2) is 0 Å². The fraction of sp³-hybridized carbons (Fsp3) is 0.700. The highest BCUT2D eigenvalue weighted by Crippen LogP contribution is 2.64. The average molecular weight is 449 g/mol. The second-order valence-electron chi connectivity index (χ2n) is 9.30. The molecule has 28 heavy (non-hydrogen) atoms. The predicted octanol–water partition coefficient (Wildman–Crippen LogP) is 3.37. The van der Waals surface area contributed by atoms with Gasteiger partial charge in [0.25, 0.3) is 5.69 Å². The highest BCUT2D eigenvalue weighted by Gasteiger charge is 2.60. The lowest BCUT2D eigenvalue weighted by Gasteiger charge is -2.60. The van der Waals surface area contributed by atoms with E-state index in [0.717, 1.165) is 38.2 Å². The van der Waals surface area contributed by atoms with Crippen LogP contribution in [0.1, 0.15) is 38.5 Å². The predicted molar refractivity (Wildman–Crippen MR) is 108 cm³/mol. The Morgan fingerprint density at radius 3 is 2.36 bits per heavy atom. The van der Waals surface area contributed by atoms with Crippen LogP contribution in [0.15, 0.2) is 18.3 Å². The van der Waals surface area contributed by atoms with Crippen molar-refractivity contribution in [2.24, 2.45) is 17.3 Å². The van der Waals surface area contributed by atoms with E-state index in [-0.39, 0.29) is 15.4 Å². The molecule has 0 radical (unpaired) electrons. The maximum Gasteiger partial charge on any atom is 0.287 e. The second-order valence-corrected chi connectivity index (χ2v) is 11.0. The van der Waals surface area contributed by atoms with Crippen LogP contribution in [-0.4, -0.2) is 51.2 Å². The third kappa shape index (κ3) is 3.00. The zero-order valence-corrected chi connectivity index (χ0v) is 17.4. The summed E-state index contributed by atoms with van der Waals surface area (Å²) in [7, 11) is 0. The molecule has 1 aromatic rings. The van der Waals surface area contributed by atoms with Gasteiger partial charge in [0, 0.05) is 36.6 Å². The Labute approximate surface area is 172 Å². The van der Waals surface area contributed by atoms with Crippen molar-refractivity contribution in [2.45, 2.75) is 42.8 Å². The summed E-state index contributed by atoms with van der Waals surface area (Å²) in [5, 5.41) is 10.8. The molecule has 4 aliphatic carbocycles. The first-order valence-corrected chi connectivity index (χ1v) is 11.0. The molecule has 5 fully saturated rings. The highest BCUT2D eigenvalue weighted by atomic mass is 79.9. The minimum absolute atomic E-state index is 0.00285. The lowest BCUT2D eigenvalue weighted by Crippen LogP contribution is -2.61. The molecule has 0 N–H and O–H groups in total. The van der Waals surface area contributed by atoms with Gasteiger partial charge in [-0.15, -0.1) is 0 Å².